The average Bonchev–Trinajstić information content (AvgIpc) is 2.85. The smallest absolute Gasteiger partial charge is 0.216 e. The maximum absolute atomic E-state index is 6.16. The predicted molar refractivity (Wildman–Crippen MR) is 76.5 cm³/mol. The Balaban J connectivity index is 1.90. The molecule has 19 heavy (non-hydrogen) atoms. The van der Waals surface area contributed by atoms with Gasteiger partial charge in [0.2, 0.25) is 0 Å². The van der Waals surface area contributed by atoms with Crippen molar-refractivity contribution in [3.8, 4) is 0 Å². The van der Waals surface area contributed by atoms with Crippen LogP contribution in [0.5, 0.6) is 0 Å². The van der Waals surface area contributed by atoms with Gasteiger partial charge in [-0.2, -0.15) is 14.6 Å². The van der Waals surface area contributed by atoms with Crippen molar-refractivity contribution in [1.82, 2.24) is 19.6 Å². The standard InChI is InChI=1S/C13H11ClN4S/c1-9-6-12(18-13(17-9)15-8-16-18)19-7-10-4-2-3-5-11(10)14/h2-6,8H,7H2,1H3. The van der Waals surface area contributed by atoms with Gasteiger partial charge in [0.05, 0.1) is 0 Å². The lowest BCUT2D eigenvalue weighted by atomic mass is 10.2. The van der Waals surface area contributed by atoms with Crippen molar-refractivity contribution in [3.05, 3.63) is 52.9 Å². The summed E-state index contributed by atoms with van der Waals surface area (Å²) in [5, 5.41) is 5.99. The van der Waals surface area contributed by atoms with E-state index >= 15 is 0 Å². The molecule has 2 aromatic heterocycles. The van der Waals surface area contributed by atoms with Gasteiger partial charge in [0.1, 0.15) is 11.4 Å². The van der Waals surface area contributed by atoms with Gasteiger partial charge >= 0.3 is 0 Å². The van der Waals surface area contributed by atoms with Crippen LogP contribution in [0.15, 0.2) is 41.7 Å². The summed E-state index contributed by atoms with van der Waals surface area (Å²) in [6, 6.07) is 9.86. The summed E-state index contributed by atoms with van der Waals surface area (Å²) in [4.78, 5) is 8.43. The molecule has 3 aromatic rings. The highest BCUT2D eigenvalue weighted by Gasteiger charge is 2.07. The van der Waals surface area contributed by atoms with Gasteiger partial charge in [0.25, 0.3) is 5.78 Å². The molecule has 0 aliphatic heterocycles. The van der Waals surface area contributed by atoms with Crippen LogP contribution in [0.25, 0.3) is 5.78 Å². The van der Waals surface area contributed by atoms with Gasteiger partial charge in [0, 0.05) is 16.5 Å². The normalized spacial score (nSPS) is 11.1. The van der Waals surface area contributed by atoms with Crippen LogP contribution >= 0.6 is 23.4 Å². The lowest BCUT2D eigenvalue weighted by Crippen LogP contribution is -1.97. The highest BCUT2D eigenvalue weighted by atomic mass is 35.5. The van der Waals surface area contributed by atoms with Gasteiger partial charge in [-0.1, -0.05) is 29.8 Å². The predicted octanol–water partition coefficient (Wildman–Crippen LogP) is 3.38. The number of fused-ring (bicyclic) bond motifs is 1. The second-order valence-corrected chi connectivity index (χ2v) is 5.49. The zero-order valence-electron chi connectivity index (χ0n) is 10.2. The maximum atomic E-state index is 6.16. The Morgan fingerprint density at radius 3 is 3.00 bits per heavy atom. The molecule has 0 bridgehead atoms. The molecule has 96 valence electrons. The van der Waals surface area contributed by atoms with Gasteiger partial charge in [0.15, 0.2) is 0 Å². The summed E-state index contributed by atoms with van der Waals surface area (Å²) in [5.74, 6) is 1.42. The molecule has 0 fully saturated rings. The molecular formula is C13H11ClN4S. The third-order valence-corrected chi connectivity index (χ3v) is 4.09. The number of thioether (sulfide) groups is 1. The third-order valence-electron chi connectivity index (χ3n) is 2.68. The minimum atomic E-state index is 0.627. The Hall–Kier alpha value is -1.59. The highest BCUT2D eigenvalue weighted by Crippen LogP contribution is 2.26. The fourth-order valence-corrected chi connectivity index (χ4v) is 3.11. The van der Waals surface area contributed by atoms with Crippen molar-refractivity contribution in [2.24, 2.45) is 0 Å². The maximum Gasteiger partial charge on any atom is 0.253 e. The van der Waals surface area contributed by atoms with Crippen molar-refractivity contribution in [2.75, 3.05) is 0 Å². The molecule has 3 rings (SSSR count). The number of nitrogens with zero attached hydrogens (tertiary/aromatic N) is 4. The van der Waals surface area contributed by atoms with Crippen molar-refractivity contribution in [2.45, 2.75) is 17.7 Å². The summed E-state index contributed by atoms with van der Waals surface area (Å²) < 4.78 is 1.74. The van der Waals surface area contributed by atoms with Crippen LogP contribution < -0.4 is 0 Å². The summed E-state index contributed by atoms with van der Waals surface area (Å²) in [5.41, 5.74) is 2.04. The molecule has 0 amide bonds. The minimum absolute atomic E-state index is 0.627. The molecule has 0 aliphatic carbocycles. The van der Waals surface area contributed by atoms with Crippen LogP contribution in [0.1, 0.15) is 11.3 Å². The molecule has 0 atom stereocenters. The molecule has 0 N–H and O–H groups in total. The lowest BCUT2D eigenvalue weighted by molar-refractivity contribution is 0.833. The Morgan fingerprint density at radius 1 is 1.32 bits per heavy atom. The van der Waals surface area contributed by atoms with Crippen LogP contribution in [0.3, 0.4) is 0 Å². The van der Waals surface area contributed by atoms with Gasteiger partial charge < -0.3 is 0 Å². The van der Waals surface area contributed by atoms with E-state index < -0.39 is 0 Å². The first-order chi connectivity index (χ1) is 9.24. The first kappa shape index (κ1) is 12.4. The van der Waals surface area contributed by atoms with Gasteiger partial charge in [-0.3, -0.25) is 0 Å². The van der Waals surface area contributed by atoms with E-state index in [0.29, 0.717) is 5.78 Å². The van der Waals surface area contributed by atoms with Crippen LogP contribution in [-0.2, 0) is 5.75 Å². The van der Waals surface area contributed by atoms with Crippen molar-refractivity contribution in [3.63, 3.8) is 0 Å². The molecule has 1 aromatic carbocycles. The number of hydrogen-bond donors (Lipinski definition) is 0. The Morgan fingerprint density at radius 2 is 2.16 bits per heavy atom. The zero-order chi connectivity index (χ0) is 13.2. The van der Waals surface area contributed by atoms with E-state index in [1.54, 1.807) is 16.3 Å². The van der Waals surface area contributed by atoms with Crippen LogP contribution in [0, 0.1) is 6.92 Å². The first-order valence-corrected chi connectivity index (χ1v) is 7.14. The number of halogens is 1. The summed E-state index contributed by atoms with van der Waals surface area (Å²) in [6.07, 6.45) is 1.52. The average molecular weight is 291 g/mol. The van der Waals surface area contributed by atoms with E-state index in [9.17, 15) is 0 Å². The molecule has 4 nitrogen and oxygen atoms in total. The molecular weight excluding hydrogens is 280 g/mol. The Kier molecular flexibility index (Phi) is 3.40. The van der Waals surface area contributed by atoms with E-state index in [-0.39, 0.29) is 0 Å². The van der Waals surface area contributed by atoms with Crippen LogP contribution in [0.2, 0.25) is 5.02 Å². The van der Waals surface area contributed by atoms with Crippen molar-refractivity contribution in [1.29, 1.82) is 0 Å². The van der Waals surface area contributed by atoms with Crippen molar-refractivity contribution >= 4 is 29.1 Å². The minimum Gasteiger partial charge on any atom is -0.216 e. The summed E-state index contributed by atoms with van der Waals surface area (Å²) in [7, 11) is 0. The summed E-state index contributed by atoms with van der Waals surface area (Å²) in [6.45, 7) is 1.95. The van der Waals surface area contributed by atoms with Gasteiger partial charge in [-0.25, -0.2) is 4.98 Å². The van der Waals surface area contributed by atoms with E-state index in [4.69, 9.17) is 11.6 Å². The van der Waals surface area contributed by atoms with E-state index in [1.165, 1.54) is 6.33 Å². The third kappa shape index (κ3) is 2.57. The topological polar surface area (TPSA) is 43.1 Å². The fourth-order valence-electron chi connectivity index (χ4n) is 1.77. The van der Waals surface area contributed by atoms with Gasteiger partial charge in [-0.15, -0.1) is 11.8 Å². The fraction of sp³-hybridized carbons (Fsp3) is 0.154. The molecule has 0 unspecified atom stereocenters. The second-order valence-electron chi connectivity index (χ2n) is 4.09. The Bertz CT molecular complexity index is 725. The molecule has 0 radical (unpaired) electrons. The molecule has 2 heterocycles. The number of hydrogen-bond acceptors (Lipinski definition) is 4. The molecule has 0 saturated heterocycles. The van der Waals surface area contributed by atoms with Gasteiger partial charge in [-0.05, 0) is 24.6 Å². The number of rotatable bonds is 3. The Labute approximate surface area is 119 Å². The number of aromatic nitrogens is 4. The molecule has 0 spiro atoms. The zero-order valence-corrected chi connectivity index (χ0v) is 11.8. The largest absolute Gasteiger partial charge is 0.253 e. The number of aryl methyl sites for hydroxylation is 1. The van der Waals surface area contributed by atoms with Crippen LogP contribution in [-0.4, -0.2) is 19.6 Å². The first-order valence-electron chi connectivity index (χ1n) is 5.77. The highest BCUT2D eigenvalue weighted by molar-refractivity contribution is 7.98. The lowest BCUT2D eigenvalue weighted by Gasteiger charge is -2.06. The quantitative estimate of drug-likeness (QED) is 0.548. The van der Waals surface area contributed by atoms with E-state index in [1.807, 2.05) is 37.3 Å². The molecule has 0 saturated carbocycles. The van der Waals surface area contributed by atoms with Crippen LogP contribution in [0.4, 0.5) is 0 Å². The SMILES string of the molecule is Cc1cc(SCc2ccccc2Cl)n2ncnc2n1. The van der Waals surface area contributed by atoms with E-state index in [2.05, 4.69) is 15.1 Å². The van der Waals surface area contributed by atoms with Crippen molar-refractivity contribution < 1.29 is 0 Å². The summed E-state index contributed by atoms with van der Waals surface area (Å²) >= 11 is 7.83. The molecule has 6 heteroatoms. The number of benzene rings is 1. The second kappa shape index (κ2) is 5.19. The monoisotopic (exact) mass is 290 g/mol. The molecule has 0 aliphatic rings. The van der Waals surface area contributed by atoms with E-state index in [0.717, 1.165) is 27.1 Å².